The van der Waals surface area contributed by atoms with E-state index in [4.69, 9.17) is 9.47 Å². The van der Waals surface area contributed by atoms with Gasteiger partial charge in [0, 0.05) is 21.7 Å². The molecule has 0 radical (unpaired) electrons. The van der Waals surface area contributed by atoms with E-state index >= 15 is 0 Å². The van der Waals surface area contributed by atoms with Crippen LogP contribution in [0.4, 0.5) is 5.69 Å². The molecule has 4 aromatic rings. The average molecular weight is 540 g/mol. The topological polar surface area (TPSA) is 76.1 Å². The van der Waals surface area contributed by atoms with Gasteiger partial charge >= 0.3 is 0 Å². The summed E-state index contributed by atoms with van der Waals surface area (Å²) in [6, 6.07) is 24.7. The predicted molar refractivity (Wildman–Crippen MR) is 154 cm³/mol. The minimum Gasteiger partial charge on any atom is -0.507 e. The summed E-state index contributed by atoms with van der Waals surface area (Å²) in [6.45, 7) is 6.14. The number of methoxy groups -OCH3 is 1. The maximum atomic E-state index is 13.5. The number of thiophene rings is 1. The molecule has 1 aliphatic rings. The zero-order valence-electron chi connectivity index (χ0n) is 22.2. The number of ether oxygens (including phenoxy) is 2. The first-order valence-electron chi connectivity index (χ1n) is 12.6. The number of hydrogen-bond donors (Lipinski definition) is 1. The number of nitrogens with zero attached hydrogens (tertiary/aromatic N) is 1. The lowest BCUT2D eigenvalue weighted by molar-refractivity contribution is -0.132. The molecule has 198 valence electrons. The van der Waals surface area contributed by atoms with E-state index in [0.29, 0.717) is 28.5 Å². The molecule has 1 aromatic heterocycles. The Hall–Kier alpha value is -4.36. The molecule has 0 aliphatic carbocycles. The molecular formula is C32H29NO5S. The van der Waals surface area contributed by atoms with Gasteiger partial charge in [-0.3, -0.25) is 14.5 Å². The van der Waals surface area contributed by atoms with Crippen LogP contribution in [0.15, 0.2) is 95.9 Å². The SMILES string of the molecule is COc1ccc(/C(O)=C2/C(=O)C(=O)N(c3ccc(Oc4ccccc4)cc3)C2c2cccs2)cc1C(C)(C)C. The number of aliphatic hydroxyl groups excluding tert-OH is 1. The highest BCUT2D eigenvalue weighted by atomic mass is 32.1. The molecule has 3 aromatic carbocycles. The summed E-state index contributed by atoms with van der Waals surface area (Å²) in [4.78, 5) is 29.1. The van der Waals surface area contributed by atoms with E-state index in [0.717, 1.165) is 10.4 Å². The molecule has 7 heteroatoms. The predicted octanol–water partition coefficient (Wildman–Crippen LogP) is 7.47. The Balaban J connectivity index is 1.58. The normalized spacial score (nSPS) is 16.9. The molecule has 1 N–H and O–H groups in total. The number of benzene rings is 3. The Labute approximate surface area is 231 Å². The van der Waals surface area contributed by atoms with Gasteiger partial charge in [-0.2, -0.15) is 0 Å². The fourth-order valence-electron chi connectivity index (χ4n) is 4.71. The summed E-state index contributed by atoms with van der Waals surface area (Å²) in [6.07, 6.45) is 0. The van der Waals surface area contributed by atoms with Crippen LogP contribution in [0.1, 0.15) is 42.8 Å². The maximum absolute atomic E-state index is 13.5. The molecule has 1 amide bonds. The van der Waals surface area contributed by atoms with Crippen molar-refractivity contribution in [2.45, 2.75) is 32.2 Å². The van der Waals surface area contributed by atoms with E-state index in [1.165, 1.54) is 16.2 Å². The van der Waals surface area contributed by atoms with Gasteiger partial charge in [-0.05, 0) is 71.5 Å². The molecule has 1 fully saturated rings. The molecule has 1 atom stereocenters. The number of amides is 1. The van der Waals surface area contributed by atoms with Crippen LogP contribution in [-0.2, 0) is 15.0 Å². The molecule has 2 heterocycles. The van der Waals surface area contributed by atoms with E-state index in [1.54, 1.807) is 43.5 Å². The lowest BCUT2D eigenvalue weighted by Gasteiger charge is -2.25. The Morgan fingerprint density at radius 2 is 1.59 bits per heavy atom. The van der Waals surface area contributed by atoms with Crippen molar-refractivity contribution in [3.63, 3.8) is 0 Å². The van der Waals surface area contributed by atoms with Crippen LogP contribution >= 0.6 is 11.3 Å². The Kier molecular flexibility index (Phi) is 7.02. The quantitative estimate of drug-likeness (QED) is 0.156. The van der Waals surface area contributed by atoms with Gasteiger partial charge in [0.05, 0.1) is 12.7 Å². The average Bonchev–Trinajstić information content (AvgIpc) is 3.55. The van der Waals surface area contributed by atoms with E-state index in [2.05, 4.69) is 0 Å². The van der Waals surface area contributed by atoms with Gasteiger partial charge in [0.25, 0.3) is 11.7 Å². The van der Waals surface area contributed by atoms with Crippen LogP contribution in [0.3, 0.4) is 0 Å². The van der Waals surface area contributed by atoms with Crippen molar-refractivity contribution < 1.29 is 24.2 Å². The van der Waals surface area contributed by atoms with Crippen LogP contribution in [0.5, 0.6) is 17.2 Å². The first kappa shape index (κ1) is 26.3. The third-order valence-electron chi connectivity index (χ3n) is 6.63. The zero-order chi connectivity index (χ0) is 27.7. The van der Waals surface area contributed by atoms with Gasteiger partial charge in [0.1, 0.15) is 29.0 Å². The Bertz CT molecular complexity index is 1530. The minimum atomic E-state index is -0.772. The number of aliphatic hydroxyl groups is 1. The molecule has 0 saturated carbocycles. The summed E-state index contributed by atoms with van der Waals surface area (Å²) in [5.74, 6) is 0.332. The van der Waals surface area contributed by atoms with Crippen LogP contribution in [0.2, 0.25) is 0 Å². The van der Waals surface area contributed by atoms with Gasteiger partial charge in [-0.25, -0.2) is 0 Å². The highest BCUT2D eigenvalue weighted by Gasteiger charge is 2.47. The van der Waals surface area contributed by atoms with Gasteiger partial charge in [0.15, 0.2) is 0 Å². The molecule has 6 nitrogen and oxygen atoms in total. The largest absolute Gasteiger partial charge is 0.507 e. The van der Waals surface area contributed by atoms with E-state index in [-0.39, 0.29) is 16.7 Å². The number of para-hydroxylation sites is 1. The van der Waals surface area contributed by atoms with Crippen molar-refractivity contribution in [3.8, 4) is 17.2 Å². The number of anilines is 1. The second-order valence-electron chi connectivity index (χ2n) is 10.3. The molecule has 0 bridgehead atoms. The lowest BCUT2D eigenvalue weighted by atomic mass is 9.84. The zero-order valence-corrected chi connectivity index (χ0v) is 23.0. The molecule has 1 unspecified atom stereocenters. The van der Waals surface area contributed by atoms with Crippen LogP contribution < -0.4 is 14.4 Å². The van der Waals surface area contributed by atoms with Crippen molar-refractivity contribution in [2.75, 3.05) is 12.0 Å². The van der Waals surface area contributed by atoms with Crippen molar-refractivity contribution >= 4 is 34.5 Å². The number of carbonyl (C=O) groups is 2. The Morgan fingerprint density at radius 3 is 2.21 bits per heavy atom. The molecule has 5 rings (SSSR count). The van der Waals surface area contributed by atoms with Gasteiger partial charge in [0.2, 0.25) is 0 Å². The fraction of sp³-hybridized carbons (Fsp3) is 0.188. The Morgan fingerprint density at radius 1 is 0.897 bits per heavy atom. The number of ketones is 1. The fourth-order valence-corrected chi connectivity index (χ4v) is 5.53. The lowest BCUT2D eigenvalue weighted by Crippen LogP contribution is -2.29. The van der Waals surface area contributed by atoms with Crippen molar-refractivity contribution in [1.29, 1.82) is 0 Å². The third kappa shape index (κ3) is 5.05. The van der Waals surface area contributed by atoms with Gasteiger partial charge in [-0.15, -0.1) is 11.3 Å². The molecular weight excluding hydrogens is 510 g/mol. The second-order valence-corrected chi connectivity index (χ2v) is 11.2. The molecule has 0 spiro atoms. The highest BCUT2D eigenvalue weighted by molar-refractivity contribution is 7.10. The van der Waals surface area contributed by atoms with E-state index < -0.39 is 17.7 Å². The summed E-state index contributed by atoms with van der Waals surface area (Å²) < 4.78 is 11.4. The molecule has 1 saturated heterocycles. The number of hydrogen-bond acceptors (Lipinski definition) is 6. The molecule has 39 heavy (non-hydrogen) atoms. The standard InChI is InChI=1S/C32H29NO5S/c1-32(2,3)24-19-20(12-17-25(24)37-4)29(34)27-28(26-11-8-18-39-26)33(31(36)30(27)35)21-13-15-23(16-14-21)38-22-9-6-5-7-10-22/h5-19,28,34H,1-4H3/b29-27-. The van der Waals surface area contributed by atoms with Crippen molar-refractivity contribution in [2.24, 2.45) is 0 Å². The minimum absolute atomic E-state index is 0.0529. The van der Waals surface area contributed by atoms with Crippen molar-refractivity contribution in [1.82, 2.24) is 0 Å². The molecule has 1 aliphatic heterocycles. The number of rotatable bonds is 6. The monoisotopic (exact) mass is 539 g/mol. The summed E-state index contributed by atoms with van der Waals surface area (Å²) >= 11 is 1.42. The summed E-state index contributed by atoms with van der Waals surface area (Å²) in [7, 11) is 1.60. The van der Waals surface area contributed by atoms with E-state index in [9.17, 15) is 14.7 Å². The van der Waals surface area contributed by atoms with E-state index in [1.807, 2.05) is 74.7 Å². The van der Waals surface area contributed by atoms with Crippen LogP contribution in [-0.4, -0.2) is 23.9 Å². The smallest absolute Gasteiger partial charge is 0.300 e. The second kappa shape index (κ2) is 10.4. The van der Waals surface area contributed by atoms with Gasteiger partial charge in [-0.1, -0.05) is 45.0 Å². The number of Topliss-reactive ketones (excluding diaryl/α,β-unsaturated/α-hetero) is 1. The first-order chi connectivity index (χ1) is 18.7. The van der Waals surface area contributed by atoms with Crippen LogP contribution in [0.25, 0.3) is 5.76 Å². The summed E-state index contributed by atoms with van der Waals surface area (Å²) in [5, 5.41) is 13.4. The van der Waals surface area contributed by atoms with Crippen molar-refractivity contribution in [3.05, 3.63) is 112 Å². The first-order valence-corrected chi connectivity index (χ1v) is 13.4. The number of carbonyl (C=O) groups excluding carboxylic acids is 2. The maximum Gasteiger partial charge on any atom is 0.300 e. The third-order valence-corrected chi connectivity index (χ3v) is 7.56. The van der Waals surface area contributed by atoms with Gasteiger partial charge < -0.3 is 14.6 Å². The summed E-state index contributed by atoms with van der Waals surface area (Å²) in [5.41, 5.74) is 1.64. The van der Waals surface area contributed by atoms with Crippen LogP contribution in [0, 0.1) is 0 Å². The highest BCUT2D eigenvalue weighted by Crippen LogP contribution is 2.44.